The van der Waals surface area contributed by atoms with E-state index in [1.807, 2.05) is 24.4 Å². The Hall–Kier alpha value is -2.81. The molecule has 0 amide bonds. The third-order valence-electron chi connectivity index (χ3n) is 6.78. The van der Waals surface area contributed by atoms with Gasteiger partial charge in [0.2, 0.25) is 6.79 Å². The molecule has 33 heavy (non-hydrogen) atoms. The Morgan fingerprint density at radius 1 is 1.21 bits per heavy atom. The first-order chi connectivity index (χ1) is 16.1. The predicted octanol–water partition coefficient (Wildman–Crippen LogP) is 4.14. The van der Waals surface area contributed by atoms with Crippen LogP contribution in [0.4, 0.5) is 5.13 Å². The molecule has 2 aromatic carbocycles. The lowest BCUT2D eigenvalue weighted by Gasteiger charge is -2.27. The Kier molecular flexibility index (Phi) is 5.16. The number of anilines is 1. The van der Waals surface area contributed by atoms with Crippen molar-refractivity contribution in [1.29, 1.82) is 0 Å². The maximum Gasteiger partial charge on any atom is 0.231 e. The van der Waals surface area contributed by atoms with Crippen LogP contribution in [0.2, 0.25) is 0 Å². The summed E-state index contributed by atoms with van der Waals surface area (Å²) < 4.78 is 16.5. The molecular formula is C25H27N3O4S. The minimum Gasteiger partial charge on any atom is -0.497 e. The average Bonchev–Trinajstić information content (AvgIpc) is 3.16. The number of benzene rings is 2. The number of aliphatic hydroxyl groups excluding tert-OH is 1. The second kappa shape index (κ2) is 8.20. The molecule has 3 heterocycles. The minimum atomic E-state index is -0.288. The fourth-order valence-corrected chi connectivity index (χ4v) is 5.93. The van der Waals surface area contributed by atoms with E-state index < -0.39 is 0 Å². The Balaban J connectivity index is 1.28. The number of aliphatic hydroxyl groups is 1. The van der Waals surface area contributed by atoms with Crippen molar-refractivity contribution >= 4 is 16.5 Å². The SMILES string of the molecule is COc1cccc(C(c2cnc(NC3(c4ccc5c(c4)OCO5)CC3)s2)N2CC[C@@H](O)C2)c1. The molecule has 1 unspecified atom stereocenters. The standard InChI is InChI=1S/C25H27N3O4S/c1-30-19-4-2-3-16(11-19)23(28-10-7-18(29)14-28)22-13-26-24(33-22)27-25(8-9-25)17-5-6-20-21(12-17)32-15-31-20/h2-6,11-13,18,23,29H,7-10,14-15H2,1H3,(H,26,27)/t18-,23?/m1/s1. The third-order valence-corrected chi connectivity index (χ3v) is 7.75. The van der Waals surface area contributed by atoms with E-state index >= 15 is 0 Å². The van der Waals surface area contributed by atoms with Crippen molar-refractivity contribution in [2.75, 3.05) is 32.3 Å². The number of nitrogens with one attached hydrogen (secondary N) is 1. The van der Waals surface area contributed by atoms with Crippen LogP contribution in [-0.4, -0.2) is 48.1 Å². The van der Waals surface area contributed by atoms with E-state index in [4.69, 9.17) is 19.2 Å². The molecule has 2 atom stereocenters. The van der Waals surface area contributed by atoms with Crippen molar-refractivity contribution in [3.05, 3.63) is 64.7 Å². The van der Waals surface area contributed by atoms with Gasteiger partial charge in [0.05, 0.1) is 24.8 Å². The fourth-order valence-electron chi connectivity index (χ4n) is 4.85. The van der Waals surface area contributed by atoms with Gasteiger partial charge in [0.1, 0.15) is 5.75 Å². The van der Waals surface area contributed by atoms with Crippen molar-refractivity contribution in [3.63, 3.8) is 0 Å². The van der Waals surface area contributed by atoms with Crippen molar-refractivity contribution in [2.24, 2.45) is 0 Å². The number of β-amino-alcohol motifs (C(OH)–C–C–N with tert-alkyl or cyclic N) is 1. The first-order valence-electron chi connectivity index (χ1n) is 11.3. The molecule has 1 aliphatic carbocycles. The van der Waals surface area contributed by atoms with Gasteiger partial charge in [-0.15, -0.1) is 11.3 Å². The highest BCUT2D eigenvalue weighted by Gasteiger charge is 2.46. The molecule has 1 saturated carbocycles. The Morgan fingerprint density at radius 2 is 2.09 bits per heavy atom. The van der Waals surface area contributed by atoms with Crippen LogP contribution < -0.4 is 19.5 Å². The molecule has 8 heteroatoms. The number of ether oxygens (including phenoxy) is 3. The van der Waals surface area contributed by atoms with Crippen molar-refractivity contribution < 1.29 is 19.3 Å². The van der Waals surface area contributed by atoms with E-state index in [9.17, 15) is 5.11 Å². The molecular weight excluding hydrogens is 438 g/mol. The molecule has 7 nitrogen and oxygen atoms in total. The monoisotopic (exact) mass is 465 g/mol. The van der Waals surface area contributed by atoms with Gasteiger partial charge < -0.3 is 24.6 Å². The van der Waals surface area contributed by atoms with Gasteiger partial charge in [0, 0.05) is 24.2 Å². The van der Waals surface area contributed by atoms with Gasteiger partial charge in [-0.2, -0.15) is 0 Å². The van der Waals surface area contributed by atoms with Gasteiger partial charge in [-0.05, 0) is 54.7 Å². The van der Waals surface area contributed by atoms with Crippen LogP contribution in [0.5, 0.6) is 17.2 Å². The summed E-state index contributed by atoms with van der Waals surface area (Å²) in [5.74, 6) is 2.45. The zero-order chi connectivity index (χ0) is 22.4. The Morgan fingerprint density at radius 3 is 2.88 bits per heavy atom. The van der Waals surface area contributed by atoms with Gasteiger partial charge in [0.25, 0.3) is 0 Å². The zero-order valence-electron chi connectivity index (χ0n) is 18.5. The minimum absolute atomic E-state index is 0.0333. The summed E-state index contributed by atoms with van der Waals surface area (Å²) in [6.07, 6.45) is 4.58. The number of hydrogen-bond donors (Lipinski definition) is 2. The summed E-state index contributed by atoms with van der Waals surface area (Å²) in [5.41, 5.74) is 2.25. The van der Waals surface area contributed by atoms with Crippen LogP contribution in [0.25, 0.3) is 0 Å². The smallest absolute Gasteiger partial charge is 0.231 e. The third kappa shape index (κ3) is 3.92. The van der Waals surface area contributed by atoms with E-state index in [0.29, 0.717) is 6.54 Å². The summed E-state index contributed by atoms with van der Waals surface area (Å²) >= 11 is 1.68. The Labute approximate surface area is 196 Å². The molecule has 2 N–H and O–H groups in total. The Bertz CT molecular complexity index is 1160. The maximum absolute atomic E-state index is 10.2. The number of thiazole rings is 1. The number of hydrogen-bond acceptors (Lipinski definition) is 8. The molecule has 2 fully saturated rings. The quantitative estimate of drug-likeness (QED) is 0.543. The summed E-state index contributed by atoms with van der Waals surface area (Å²) in [6, 6.07) is 14.4. The van der Waals surface area contributed by atoms with E-state index in [2.05, 4.69) is 34.5 Å². The van der Waals surface area contributed by atoms with Gasteiger partial charge >= 0.3 is 0 Å². The predicted molar refractivity (Wildman–Crippen MR) is 126 cm³/mol. The molecule has 172 valence electrons. The molecule has 1 saturated heterocycles. The van der Waals surface area contributed by atoms with Gasteiger partial charge in [-0.25, -0.2) is 4.98 Å². The fraction of sp³-hybridized carbons (Fsp3) is 0.400. The molecule has 3 aromatic rings. The van der Waals surface area contributed by atoms with Crippen LogP contribution in [0.15, 0.2) is 48.7 Å². The number of fused-ring (bicyclic) bond motifs is 1. The number of rotatable bonds is 7. The first-order valence-corrected chi connectivity index (χ1v) is 12.2. The molecule has 0 radical (unpaired) electrons. The summed E-state index contributed by atoms with van der Waals surface area (Å²) in [4.78, 5) is 8.24. The normalized spacial score (nSPS) is 21.7. The van der Waals surface area contributed by atoms with E-state index in [1.54, 1.807) is 18.4 Å². The van der Waals surface area contributed by atoms with Crippen LogP contribution in [0.3, 0.4) is 0 Å². The van der Waals surface area contributed by atoms with E-state index in [-0.39, 0.29) is 24.5 Å². The van der Waals surface area contributed by atoms with Crippen LogP contribution in [0.1, 0.15) is 41.3 Å². The molecule has 1 aromatic heterocycles. The molecule has 0 bridgehead atoms. The molecule has 3 aliphatic rings. The average molecular weight is 466 g/mol. The first kappa shape index (κ1) is 20.8. The van der Waals surface area contributed by atoms with E-state index in [0.717, 1.165) is 58.6 Å². The van der Waals surface area contributed by atoms with Crippen LogP contribution >= 0.6 is 11.3 Å². The number of nitrogens with zero attached hydrogens (tertiary/aromatic N) is 2. The lowest BCUT2D eigenvalue weighted by molar-refractivity contribution is 0.167. The van der Waals surface area contributed by atoms with Gasteiger partial charge in [-0.1, -0.05) is 18.2 Å². The highest BCUT2D eigenvalue weighted by Crippen LogP contribution is 2.51. The van der Waals surface area contributed by atoms with Crippen molar-refractivity contribution in [2.45, 2.75) is 36.9 Å². The van der Waals surface area contributed by atoms with E-state index in [1.165, 1.54) is 5.56 Å². The van der Waals surface area contributed by atoms with Crippen molar-refractivity contribution in [3.8, 4) is 17.2 Å². The number of likely N-dealkylation sites (tertiary alicyclic amines) is 1. The lowest BCUT2D eigenvalue weighted by atomic mass is 10.0. The second-order valence-electron chi connectivity index (χ2n) is 8.96. The maximum atomic E-state index is 10.2. The molecule has 6 rings (SSSR count). The highest BCUT2D eigenvalue weighted by atomic mass is 32.1. The van der Waals surface area contributed by atoms with Crippen LogP contribution in [-0.2, 0) is 5.54 Å². The second-order valence-corrected chi connectivity index (χ2v) is 10.0. The summed E-state index contributed by atoms with van der Waals surface area (Å²) in [6.45, 7) is 1.79. The van der Waals surface area contributed by atoms with Crippen LogP contribution in [0, 0.1) is 0 Å². The molecule has 2 aliphatic heterocycles. The largest absolute Gasteiger partial charge is 0.497 e. The van der Waals surface area contributed by atoms with Gasteiger partial charge in [-0.3, -0.25) is 4.90 Å². The van der Waals surface area contributed by atoms with Crippen molar-refractivity contribution in [1.82, 2.24) is 9.88 Å². The summed E-state index contributed by atoms with van der Waals surface area (Å²) in [7, 11) is 1.69. The van der Waals surface area contributed by atoms with Gasteiger partial charge in [0.15, 0.2) is 16.6 Å². The number of aromatic nitrogens is 1. The highest BCUT2D eigenvalue weighted by molar-refractivity contribution is 7.15. The molecule has 0 spiro atoms. The lowest BCUT2D eigenvalue weighted by Crippen LogP contribution is -2.27. The topological polar surface area (TPSA) is 76.1 Å². The summed E-state index contributed by atoms with van der Waals surface area (Å²) in [5, 5.41) is 14.8. The zero-order valence-corrected chi connectivity index (χ0v) is 19.3. The number of methoxy groups -OCH3 is 1.